The minimum absolute atomic E-state index is 0.119. The zero-order valence-corrected chi connectivity index (χ0v) is 10.5. The molecule has 0 unspecified atom stereocenters. The summed E-state index contributed by atoms with van der Waals surface area (Å²) in [6.45, 7) is 3.94. The van der Waals surface area contributed by atoms with Gasteiger partial charge in [0.05, 0.1) is 0 Å². The van der Waals surface area contributed by atoms with E-state index in [9.17, 15) is 4.39 Å². The zero-order valence-electron chi connectivity index (χ0n) is 8.99. The third-order valence-corrected chi connectivity index (χ3v) is 3.86. The van der Waals surface area contributed by atoms with Gasteiger partial charge in [0.25, 0.3) is 0 Å². The van der Waals surface area contributed by atoms with Gasteiger partial charge in [0.2, 0.25) is 0 Å². The van der Waals surface area contributed by atoms with Crippen LogP contribution in [0.3, 0.4) is 0 Å². The molecule has 1 aromatic carbocycles. The van der Waals surface area contributed by atoms with Gasteiger partial charge in [-0.05, 0) is 42.0 Å². The van der Waals surface area contributed by atoms with Crippen molar-refractivity contribution >= 4 is 23.2 Å². The number of benzene rings is 1. The number of halogens is 3. The summed E-state index contributed by atoms with van der Waals surface area (Å²) in [5.41, 5.74) is 1.95. The maximum absolute atomic E-state index is 12.9. The van der Waals surface area contributed by atoms with E-state index in [4.69, 9.17) is 23.2 Å². The predicted octanol–water partition coefficient (Wildman–Crippen LogP) is 4.16. The maximum atomic E-state index is 12.9. The zero-order chi connectivity index (χ0) is 11.5. The van der Waals surface area contributed by atoms with E-state index in [1.54, 1.807) is 0 Å². The van der Waals surface area contributed by atoms with E-state index in [1.165, 1.54) is 12.1 Å². The first-order valence-corrected chi connectivity index (χ1v) is 5.94. The summed E-state index contributed by atoms with van der Waals surface area (Å²) in [5, 5.41) is 0. The summed E-state index contributed by atoms with van der Waals surface area (Å²) in [6.07, 6.45) is 0.784. The smallest absolute Gasteiger partial charge is 0.123 e. The van der Waals surface area contributed by atoms with E-state index >= 15 is 0 Å². The lowest BCUT2D eigenvalue weighted by Gasteiger charge is -2.25. The van der Waals surface area contributed by atoms with Crippen LogP contribution in [0.5, 0.6) is 0 Å². The second-order valence-corrected chi connectivity index (χ2v) is 4.86. The van der Waals surface area contributed by atoms with Crippen LogP contribution in [0.25, 0.3) is 0 Å². The Kier molecular flexibility index (Phi) is 4.42. The van der Waals surface area contributed by atoms with E-state index in [-0.39, 0.29) is 11.2 Å². The van der Waals surface area contributed by atoms with E-state index in [0.717, 1.165) is 17.5 Å². The molecule has 15 heavy (non-hydrogen) atoms. The van der Waals surface area contributed by atoms with Crippen LogP contribution in [-0.2, 0) is 6.42 Å². The van der Waals surface area contributed by atoms with E-state index in [2.05, 4.69) is 0 Å². The van der Waals surface area contributed by atoms with Gasteiger partial charge in [0.1, 0.15) is 5.82 Å². The highest BCUT2D eigenvalue weighted by Gasteiger charge is 2.23. The van der Waals surface area contributed by atoms with E-state index < -0.39 is 0 Å². The molecule has 84 valence electrons. The summed E-state index contributed by atoms with van der Waals surface area (Å²) < 4.78 is 12.9. The molecule has 0 saturated carbocycles. The molecule has 0 radical (unpaired) electrons. The Hall–Kier alpha value is -0.270. The van der Waals surface area contributed by atoms with Crippen molar-refractivity contribution in [2.24, 2.45) is 5.41 Å². The second-order valence-electron chi connectivity index (χ2n) is 4.33. The van der Waals surface area contributed by atoms with Crippen molar-refractivity contribution in [1.82, 2.24) is 0 Å². The van der Waals surface area contributed by atoms with Gasteiger partial charge < -0.3 is 0 Å². The highest BCUT2D eigenvalue weighted by atomic mass is 35.5. The molecule has 3 heteroatoms. The van der Waals surface area contributed by atoms with Crippen molar-refractivity contribution < 1.29 is 4.39 Å². The summed E-state index contributed by atoms with van der Waals surface area (Å²) in [4.78, 5) is 0. The van der Waals surface area contributed by atoms with Crippen LogP contribution < -0.4 is 0 Å². The highest BCUT2D eigenvalue weighted by molar-refractivity contribution is 6.21. The van der Waals surface area contributed by atoms with Crippen molar-refractivity contribution in [1.29, 1.82) is 0 Å². The van der Waals surface area contributed by atoms with Crippen LogP contribution in [0.4, 0.5) is 4.39 Å². The summed E-state index contributed by atoms with van der Waals surface area (Å²) >= 11 is 11.8. The Morgan fingerprint density at radius 3 is 2.33 bits per heavy atom. The lowest BCUT2D eigenvalue weighted by Crippen LogP contribution is -2.24. The Morgan fingerprint density at radius 2 is 1.87 bits per heavy atom. The Morgan fingerprint density at radius 1 is 1.27 bits per heavy atom. The number of hydrogen-bond donors (Lipinski definition) is 0. The summed E-state index contributed by atoms with van der Waals surface area (Å²) in [5.74, 6) is 0.815. The SMILES string of the molecule is Cc1cc(F)ccc1CC(C)(CCl)CCl. The van der Waals surface area contributed by atoms with Crippen LogP contribution >= 0.6 is 23.2 Å². The molecule has 1 aromatic rings. The third-order valence-electron chi connectivity index (χ3n) is 2.57. The summed E-state index contributed by atoms with van der Waals surface area (Å²) in [7, 11) is 0. The van der Waals surface area contributed by atoms with E-state index in [0.29, 0.717) is 11.8 Å². The molecule has 0 aliphatic carbocycles. The van der Waals surface area contributed by atoms with Crippen LogP contribution in [0.15, 0.2) is 18.2 Å². The molecule has 0 amide bonds. The van der Waals surface area contributed by atoms with Gasteiger partial charge in [0.15, 0.2) is 0 Å². The highest BCUT2D eigenvalue weighted by Crippen LogP contribution is 2.27. The molecule has 0 bridgehead atoms. The molecule has 0 N–H and O–H groups in total. The Bertz CT molecular complexity index is 332. The molecule has 0 saturated heterocycles. The number of rotatable bonds is 4. The lowest BCUT2D eigenvalue weighted by molar-refractivity contribution is 0.424. The van der Waals surface area contributed by atoms with Crippen LogP contribution in [-0.4, -0.2) is 11.8 Å². The molecule has 0 atom stereocenters. The second kappa shape index (κ2) is 5.18. The minimum atomic E-state index is -0.199. The van der Waals surface area contributed by atoms with Crippen LogP contribution in [0.1, 0.15) is 18.1 Å². The quantitative estimate of drug-likeness (QED) is 0.703. The average molecular weight is 249 g/mol. The van der Waals surface area contributed by atoms with Crippen molar-refractivity contribution in [3.05, 3.63) is 35.1 Å². The van der Waals surface area contributed by atoms with Gasteiger partial charge in [-0.15, -0.1) is 23.2 Å². The third kappa shape index (κ3) is 3.35. The first-order chi connectivity index (χ1) is 7.00. The fourth-order valence-electron chi connectivity index (χ4n) is 1.45. The van der Waals surface area contributed by atoms with Gasteiger partial charge >= 0.3 is 0 Å². The number of alkyl halides is 2. The summed E-state index contributed by atoms with van der Waals surface area (Å²) in [6, 6.07) is 4.82. The first-order valence-electron chi connectivity index (χ1n) is 4.88. The number of aryl methyl sites for hydroxylation is 1. The molecular weight excluding hydrogens is 234 g/mol. The number of hydrogen-bond acceptors (Lipinski definition) is 0. The van der Waals surface area contributed by atoms with Gasteiger partial charge in [-0.2, -0.15) is 0 Å². The predicted molar refractivity (Wildman–Crippen MR) is 64.4 cm³/mol. The Labute approximate surface area is 100 Å². The lowest BCUT2D eigenvalue weighted by atomic mass is 9.86. The normalized spacial score (nSPS) is 11.8. The largest absolute Gasteiger partial charge is 0.207 e. The molecule has 0 aromatic heterocycles. The molecule has 0 spiro atoms. The maximum Gasteiger partial charge on any atom is 0.123 e. The molecule has 0 nitrogen and oxygen atoms in total. The van der Waals surface area contributed by atoms with Crippen molar-refractivity contribution in [2.75, 3.05) is 11.8 Å². The van der Waals surface area contributed by atoms with Gasteiger partial charge in [0, 0.05) is 11.8 Å². The monoisotopic (exact) mass is 248 g/mol. The van der Waals surface area contributed by atoms with Crippen LogP contribution in [0.2, 0.25) is 0 Å². The van der Waals surface area contributed by atoms with Gasteiger partial charge in [-0.3, -0.25) is 0 Å². The molecule has 0 fully saturated rings. The van der Waals surface area contributed by atoms with Gasteiger partial charge in [-0.1, -0.05) is 13.0 Å². The molecule has 0 heterocycles. The topological polar surface area (TPSA) is 0 Å². The molecule has 0 aliphatic heterocycles. The fraction of sp³-hybridized carbons (Fsp3) is 0.500. The van der Waals surface area contributed by atoms with Crippen molar-refractivity contribution in [3.63, 3.8) is 0 Å². The first kappa shape index (κ1) is 12.8. The van der Waals surface area contributed by atoms with Gasteiger partial charge in [-0.25, -0.2) is 4.39 Å². The van der Waals surface area contributed by atoms with Crippen LogP contribution in [0, 0.1) is 18.2 Å². The van der Waals surface area contributed by atoms with Crippen molar-refractivity contribution in [3.8, 4) is 0 Å². The standard InChI is InChI=1S/C12H15Cl2F/c1-9-5-11(15)4-3-10(9)6-12(2,7-13)8-14/h3-5H,6-8H2,1-2H3. The Balaban J connectivity index is 2.89. The molecule has 0 aliphatic rings. The van der Waals surface area contributed by atoms with E-state index in [1.807, 2.05) is 19.9 Å². The minimum Gasteiger partial charge on any atom is -0.207 e. The molecular formula is C12H15Cl2F. The van der Waals surface area contributed by atoms with Crippen molar-refractivity contribution in [2.45, 2.75) is 20.3 Å². The molecule has 1 rings (SSSR count). The fourth-order valence-corrected chi connectivity index (χ4v) is 1.92. The average Bonchev–Trinajstić information content (AvgIpc) is 2.22.